The average Bonchev–Trinajstić information content (AvgIpc) is 3.42. The summed E-state index contributed by atoms with van der Waals surface area (Å²) in [5, 5.41) is 14.1. The number of aliphatic hydroxyl groups is 1. The molecule has 40 heavy (non-hydrogen) atoms. The van der Waals surface area contributed by atoms with Crippen molar-refractivity contribution in [2.24, 2.45) is 0 Å². The number of halogens is 3. The number of thiophene rings is 1. The fraction of sp³-hybridized carbons (Fsp3) is 0.500. The molecule has 12 heteroatoms. The van der Waals surface area contributed by atoms with Crippen LogP contribution in [0.25, 0.3) is 0 Å². The predicted octanol–water partition coefficient (Wildman–Crippen LogP) is 5.09. The van der Waals surface area contributed by atoms with Gasteiger partial charge in [0, 0.05) is 64.0 Å². The molecule has 0 aliphatic carbocycles. The van der Waals surface area contributed by atoms with E-state index in [9.17, 15) is 22.5 Å². The lowest BCUT2D eigenvalue weighted by atomic mass is 9.84. The summed E-state index contributed by atoms with van der Waals surface area (Å²) in [6.45, 7) is 6.37. The molecule has 1 saturated heterocycles. The molecule has 1 spiro atoms. The van der Waals surface area contributed by atoms with Crippen LogP contribution in [0, 0.1) is 0 Å². The van der Waals surface area contributed by atoms with Crippen molar-refractivity contribution >= 4 is 22.1 Å². The summed E-state index contributed by atoms with van der Waals surface area (Å²) >= 11 is 1.58. The van der Waals surface area contributed by atoms with E-state index in [-0.39, 0.29) is 6.04 Å². The highest BCUT2D eigenvalue weighted by molar-refractivity contribution is 7.85. The minimum Gasteiger partial charge on any atom is -0.373 e. The first-order chi connectivity index (χ1) is 19.1. The van der Waals surface area contributed by atoms with E-state index in [1.54, 1.807) is 11.3 Å². The van der Waals surface area contributed by atoms with Crippen molar-refractivity contribution in [2.45, 2.75) is 68.6 Å². The average molecular weight is 595 g/mol. The molecule has 2 N–H and O–H groups in total. The quantitative estimate of drug-likeness (QED) is 0.352. The number of rotatable bonds is 8. The number of fused-ring (bicyclic) bond motifs is 2. The monoisotopic (exact) mass is 594 g/mol. The molecule has 2 aliphatic rings. The Morgan fingerprint density at radius 2 is 1.88 bits per heavy atom. The zero-order valence-electron chi connectivity index (χ0n) is 22.4. The number of nitrogens with one attached hydrogen (secondary N) is 1. The summed E-state index contributed by atoms with van der Waals surface area (Å²) in [4.78, 5) is 12.1. The summed E-state index contributed by atoms with van der Waals surface area (Å²) in [7, 11) is -0.988. The van der Waals surface area contributed by atoms with Crippen LogP contribution in [-0.4, -0.2) is 49.6 Å². The number of aliphatic hydroxyl groups excluding tert-OH is 1. The number of likely N-dealkylation sites (tertiary alicyclic amines) is 1. The van der Waals surface area contributed by atoms with E-state index < -0.39 is 34.6 Å². The molecule has 2 aromatic heterocycles. The second-order valence-electron chi connectivity index (χ2n) is 10.2. The molecule has 3 unspecified atom stereocenters. The lowest BCUT2D eigenvalue weighted by Gasteiger charge is -2.45. The van der Waals surface area contributed by atoms with Gasteiger partial charge in [0.2, 0.25) is 5.82 Å². The third kappa shape index (κ3) is 6.17. The number of hydrogen-bond acceptors (Lipinski definition) is 8. The zero-order valence-corrected chi connectivity index (χ0v) is 24.0. The molecule has 0 saturated carbocycles. The van der Waals surface area contributed by atoms with Crippen molar-refractivity contribution < 1.29 is 27.2 Å². The Labute approximate surface area is 238 Å². The van der Waals surface area contributed by atoms with Gasteiger partial charge in [0.05, 0.1) is 17.4 Å². The van der Waals surface area contributed by atoms with E-state index in [4.69, 9.17) is 4.74 Å². The Kier molecular flexibility index (Phi) is 8.74. The second-order valence-corrected chi connectivity index (χ2v) is 13.0. The Morgan fingerprint density at radius 1 is 1.20 bits per heavy atom. The molecule has 1 aromatic carbocycles. The van der Waals surface area contributed by atoms with Gasteiger partial charge in [-0.05, 0) is 55.5 Å². The third-order valence-electron chi connectivity index (χ3n) is 7.77. The van der Waals surface area contributed by atoms with E-state index in [1.807, 2.05) is 38.1 Å². The summed E-state index contributed by atoms with van der Waals surface area (Å²) < 4.78 is 56.9. The fourth-order valence-corrected chi connectivity index (χ4v) is 7.52. The van der Waals surface area contributed by atoms with Crippen LogP contribution in [0.2, 0.25) is 0 Å². The first-order valence-corrected chi connectivity index (χ1v) is 15.5. The maximum atomic E-state index is 12.8. The van der Waals surface area contributed by atoms with Crippen molar-refractivity contribution in [3.63, 3.8) is 0 Å². The van der Waals surface area contributed by atoms with Gasteiger partial charge in [-0.2, -0.15) is 13.2 Å². The van der Waals surface area contributed by atoms with Gasteiger partial charge in [0.25, 0.3) is 0 Å². The Hall–Kier alpha value is -2.22. The molecule has 0 amide bonds. The topological polar surface area (TPSA) is 87.6 Å². The molecule has 5 rings (SSSR count). The summed E-state index contributed by atoms with van der Waals surface area (Å²) in [6, 6.07) is 9.54. The number of ether oxygens (including phenoxy) is 1. The Balaban J connectivity index is 1.22. The lowest BCUT2D eigenvalue weighted by Crippen LogP contribution is -2.46. The summed E-state index contributed by atoms with van der Waals surface area (Å²) in [6.07, 6.45) is -0.556. The highest BCUT2D eigenvalue weighted by Crippen LogP contribution is 2.47. The van der Waals surface area contributed by atoms with Crippen LogP contribution >= 0.6 is 11.3 Å². The largest absolute Gasteiger partial charge is 0.451 e. The van der Waals surface area contributed by atoms with Crippen molar-refractivity contribution in [1.82, 2.24) is 20.2 Å². The number of piperidine rings is 1. The summed E-state index contributed by atoms with van der Waals surface area (Å²) in [5.41, 5.74) is 2.43. The van der Waals surface area contributed by atoms with Gasteiger partial charge >= 0.3 is 6.18 Å². The van der Waals surface area contributed by atoms with Crippen LogP contribution in [0.4, 0.5) is 13.2 Å². The molecule has 216 valence electrons. The van der Waals surface area contributed by atoms with Crippen LogP contribution in [0.5, 0.6) is 0 Å². The summed E-state index contributed by atoms with van der Waals surface area (Å²) in [5.74, 6) is -0.549. The molecular formula is C28H33F3N4O3S2. The van der Waals surface area contributed by atoms with Crippen LogP contribution in [0.1, 0.15) is 71.2 Å². The smallest absolute Gasteiger partial charge is 0.373 e. The molecule has 3 aromatic rings. The van der Waals surface area contributed by atoms with E-state index in [0.717, 1.165) is 39.5 Å². The van der Waals surface area contributed by atoms with Gasteiger partial charge in [-0.15, -0.1) is 11.3 Å². The van der Waals surface area contributed by atoms with Gasteiger partial charge in [-0.3, -0.25) is 14.4 Å². The van der Waals surface area contributed by atoms with E-state index in [1.165, 1.54) is 18.0 Å². The first kappa shape index (κ1) is 29.3. The molecular weight excluding hydrogens is 561 g/mol. The molecule has 2 aliphatic heterocycles. The Bertz CT molecular complexity index is 1320. The van der Waals surface area contributed by atoms with Crippen LogP contribution in [0.3, 0.4) is 0 Å². The Morgan fingerprint density at radius 3 is 2.50 bits per heavy atom. The minimum atomic E-state index is -4.56. The first-order valence-electron chi connectivity index (χ1n) is 13.4. The predicted molar refractivity (Wildman–Crippen MR) is 147 cm³/mol. The van der Waals surface area contributed by atoms with Gasteiger partial charge < -0.3 is 9.84 Å². The van der Waals surface area contributed by atoms with Gasteiger partial charge in [-0.1, -0.05) is 19.1 Å². The maximum absolute atomic E-state index is 12.8. The third-order valence-corrected chi connectivity index (χ3v) is 10.5. The van der Waals surface area contributed by atoms with Crippen LogP contribution in [-0.2, 0) is 40.3 Å². The number of alkyl halides is 3. The maximum Gasteiger partial charge on any atom is 0.451 e. The number of nitrogens with zero attached hydrogens (tertiary/aromatic N) is 3. The van der Waals surface area contributed by atoms with Gasteiger partial charge in [-0.25, -0.2) is 9.97 Å². The van der Waals surface area contributed by atoms with Crippen molar-refractivity contribution in [3.8, 4) is 0 Å². The van der Waals surface area contributed by atoms with Crippen LogP contribution < -0.4 is 5.32 Å². The number of hydrogen-bond donors (Lipinski definition) is 2. The lowest BCUT2D eigenvalue weighted by molar-refractivity contribution is -0.145. The molecule has 0 radical (unpaired) electrons. The highest BCUT2D eigenvalue weighted by atomic mass is 32.2. The van der Waals surface area contributed by atoms with E-state index in [0.29, 0.717) is 37.6 Å². The van der Waals surface area contributed by atoms with Crippen molar-refractivity contribution in [3.05, 3.63) is 75.0 Å². The zero-order chi connectivity index (χ0) is 28.5. The normalized spacial score (nSPS) is 19.8. The molecule has 1 fully saturated rings. The van der Waals surface area contributed by atoms with E-state index in [2.05, 4.69) is 26.3 Å². The second kappa shape index (κ2) is 11.9. The molecule has 7 nitrogen and oxygen atoms in total. The van der Waals surface area contributed by atoms with Crippen molar-refractivity contribution in [2.75, 3.05) is 25.4 Å². The molecule has 4 heterocycles. The molecule has 3 atom stereocenters. The van der Waals surface area contributed by atoms with Crippen molar-refractivity contribution in [1.29, 1.82) is 0 Å². The standard InChI is InChI=1S/C28H33F3N4O3S2/c1-3-40(37)22-6-4-19(5-7-22)15-32-25(36)23-14-20-8-13-38-27(24(20)39-23)9-11-35(12-10-27)18(2)21-16-33-26(34-17-21)28(29,30)31/h4-7,14,16-18,25,32,36H,3,8-13,15H2,1-2H3. The minimum absolute atomic E-state index is 0.122. The van der Waals surface area contributed by atoms with E-state index >= 15 is 0 Å². The number of benzene rings is 1. The number of aromatic nitrogens is 2. The fourth-order valence-electron chi connectivity index (χ4n) is 5.37. The van der Waals surface area contributed by atoms with Gasteiger partial charge in [0.15, 0.2) is 0 Å². The van der Waals surface area contributed by atoms with Crippen LogP contribution in [0.15, 0.2) is 47.6 Å². The molecule has 0 bridgehead atoms. The SMILES string of the molecule is CCS(=O)c1ccc(CNC(O)c2cc3c(s2)C2(CCN(C(C)c4cnc(C(F)(F)F)nc4)CC2)OCC3)cc1. The van der Waals surface area contributed by atoms with Gasteiger partial charge in [0.1, 0.15) is 11.8 Å². The highest BCUT2D eigenvalue weighted by Gasteiger charge is 2.43.